The van der Waals surface area contributed by atoms with E-state index in [0.29, 0.717) is 80.7 Å². The third kappa shape index (κ3) is 44.2. The second kappa shape index (κ2) is 51.6. The van der Waals surface area contributed by atoms with E-state index in [4.69, 9.17) is 47.4 Å². The molecular weight excluding hydrogens is 1800 g/mol. The van der Waals surface area contributed by atoms with E-state index in [1.54, 1.807) is 146 Å². The zero-order valence-electron chi connectivity index (χ0n) is 86.6. The summed E-state index contributed by atoms with van der Waals surface area (Å²) in [6, 6.07) is 40.9. The van der Waals surface area contributed by atoms with E-state index in [9.17, 15) is 47.9 Å². The Balaban J connectivity index is 0.000000383. The first-order valence-electron chi connectivity index (χ1n) is 47.1. The van der Waals surface area contributed by atoms with Crippen molar-refractivity contribution in [3.8, 4) is 0 Å². The monoisotopic (exact) mass is 1940 g/mol. The van der Waals surface area contributed by atoms with Gasteiger partial charge in [-0.1, -0.05) is 248 Å². The Morgan fingerprint density at radius 2 is 0.376 bits per heavy atom. The number of hydrogen-bond donors (Lipinski definition) is 6. The number of anilines is 12. The average molecular weight is 1940 g/mol. The molecule has 0 aliphatic carbocycles. The van der Waals surface area contributed by atoms with Crippen LogP contribution in [0.1, 0.15) is 255 Å². The van der Waals surface area contributed by atoms with Crippen LogP contribution in [0.15, 0.2) is 168 Å². The maximum Gasteiger partial charge on any atom is 0.345 e. The van der Waals surface area contributed by atoms with Crippen LogP contribution in [0.5, 0.6) is 0 Å². The molecule has 0 saturated heterocycles. The number of ether oxygens (including phenoxy) is 10. The molecule has 0 unspecified atom stereocenters. The smallest absolute Gasteiger partial charge is 0.345 e. The minimum absolute atomic E-state index is 0.104. The first-order valence-corrected chi connectivity index (χ1v) is 47.1. The molecule has 0 spiro atoms. The lowest BCUT2D eigenvalue weighted by Gasteiger charge is -2.20. The van der Waals surface area contributed by atoms with Crippen LogP contribution in [0.3, 0.4) is 0 Å². The molecule has 0 amide bonds. The zero-order chi connectivity index (χ0) is 104. The van der Waals surface area contributed by atoms with E-state index in [2.05, 4.69) is 68.7 Å². The van der Waals surface area contributed by atoms with Gasteiger partial charge >= 0.3 is 59.7 Å². The molecule has 2 heterocycles. The van der Waals surface area contributed by atoms with E-state index in [1.165, 1.54) is 24.3 Å². The van der Waals surface area contributed by atoms with Gasteiger partial charge in [-0.2, -0.15) is 29.9 Å². The van der Waals surface area contributed by atoms with Gasteiger partial charge in [-0.15, -0.1) is 0 Å². The molecule has 8 rings (SSSR count). The van der Waals surface area contributed by atoms with Gasteiger partial charge in [0.25, 0.3) is 0 Å². The predicted molar refractivity (Wildman–Crippen MR) is 548 cm³/mol. The highest BCUT2D eigenvalue weighted by Gasteiger charge is 2.32. The van der Waals surface area contributed by atoms with Crippen LogP contribution >= 0.6 is 0 Å². The number of rotatable bonds is 41. The molecule has 6 aromatic carbocycles. The number of carbonyl (C=O) groups is 10. The number of carbonyl (C=O) groups excluding carboxylic acids is 10. The van der Waals surface area contributed by atoms with Crippen LogP contribution in [0.4, 0.5) is 69.8 Å². The van der Waals surface area contributed by atoms with Gasteiger partial charge < -0.3 is 79.3 Å². The molecule has 32 heteroatoms. The average Bonchev–Trinajstić information content (AvgIpc) is 0.808. The van der Waals surface area contributed by atoms with Crippen LogP contribution < -0.4 is 31.9 Å². The highest BCUT2D eigenvalue weighted by Crippen LogP contribution is 2.31. The topological polar surface area (TPSA) is 413 Å². The van der Waals surface area contributed by atoms with Crippen molar-refractivity contribution < 1.29 is 95.3 Å². The lowest BCUT2D eigenvalue weighted by molar-refractivity contribution is -0.151. The lowest BCUT2D eigenvalue weighted by atomic mass is 9.98. The van der Waals surface area contributed by atoms with Gasteiger partial charge in [0.05, 0.1) is 77.2 Å². The third-order valence-corrected chi connectivity index (χ3v) is 18.5. The minimum atomic E-state index is -0.786. The Labute approximate surface area is 829 Å². The summed E-state index contributed by atoms with van der Waals surface area (Å²) < 4.78 is 54.8. The Morgan fingerprint density at radius 1 is 0.220 bits per heavy atom. The molecule has 6 N–H and O–H groups in total. The van der Waals surface area contributed by atoms with Gasteiger partial charge in [0.1, 0.15) is 22.3 Å². The molecule has 0 atom stereocenters. The SMILES string of the molecule is CCCCCOC(=O)c1ccc(Nc2nc(Nc3ccc(C=C(C(=O)OCC(C)(C)C)C(=O)OCC(C)(C)C)cc3)nc(Nc3ccc(C=C(C(=O)OCC(C)(C)C)C(=O)OCC(C)(C)C)cc3)n2)cc1.CCCCOC(=O)c1ccc(Nc2nc(Nc3ccc(C=C(C(=O)OCC(C)(C)C)C(=O)OCC(C)(C)C)cc3)nc(Nc3ccc(C=C(C(=O)OCC(C)(C)C)C(=O)OCC(C)(C)C)cc3)n2)cc1. The number of aromatic nitrogens is 6. The van der Waals surface area contributed by atoms with Gasteiger partial charge in [-0.3, -0.25) is 0 Å². The molecule has 0 bridgehead atoms. The molecule has 0 saturated carbocycles. The molecule has 0 radical (unpaired) electrons. The van der Waals surface area contributed by atoms with Crippen molar-refractivity contribution in [1.82, 2.24) is 29.9 Å². The summed E-state index contributed by atoms with van der Waals surface area (Å²) in [6.07, 6.45) is 10.2. The maximum atomic E-state index is 13.2. The van der Waals surface area contributed by atoms with Crippen molar-refractivity contribution in [2.24, 2.45) is 43.3 Å². The fourth-order valence-electron chi connectivity index (χ4n) is 11.2. The zero-order valence-corrected chi connectivity index (χ0v) is 86.6. The fourth-order valence-corrected chi connectivity index (χ4v) is 11.2. The summed E-state index contributed by atoms with van der Waals surface area (Å²) >= 11 is 0. The van der Waals surface area contributed by atoms with Crippen LogP contribution in [-0.2, 0) is 85.7 Å². The summed E-state index contributed by atoms with van der Waals surface area (Å²) in [4.78, 5) is 159. The number of hydrogen-bond acceptors (Lipinski definition) is 32. The molecule has 8 aromatic rings. The summed E-state index contributed by atoms with van der Waals surface area (Å²) in [5.74, 6) is -6.25. The lowest BCUT2D eigenvalue weighted by Crippen LogP contribution is -2.25. The summed E-state index contributed by atoms with van der Waals surface area (Å²) in [6.45, 7) is 51.7. The number of unbranched alkanes of at least 4 members (excludes halogenated alkanes) is 3. The van der Waals surface area contributed by atoms with Crippen molar-refractivity contribution in [2.45, 2.75) is 212 Å². The minimum Gasteiger partial charge on any atom is -0.462 e. The second-order valence-electron chi connectivity index (χ2n) is 43.7. The Hall–Kier alpha value is -14.2. The van der Waals surface area contributed by atoms with Crippen LogP contribution in [0.25, 0.3) is 24.3 Å². The highest BCUT2D eigenvalue weighted by atomic mass is 16.6. The fraction of sp³-hybridized carbons (Fsp3) is 0.450. The maximum absolute atomic E-state index is 13.2. The van der Waals surface area contributed by atoms with Crippen molar-refractivity contribution in [3.63, 3.8) is 0 Å². The first kappa shape index (κ1) is 114. The Bertz CT molecular complexity index is 5300. The van der Waals surface area contributed by atoms with Crippen LogP contribution in [0, 0.1) is 43.3 Å². The molecule has 0 aliphatic rings. The van der Waals surface area contributed by atoms with Crippen molar-refractivity contribution >= 4 is 154 Å². The summed E-state index contributed by atoms with van der Waals surface area (Å²) in [5.41, 5.74) is 2.84. The summed E-state index contributed by atoms with van der Waals surface area (Å²) in [7, 11) is 0. The van der Waals surface area contributed by atoms with Gasteiger partial charge in [0, 0.05) is 34.1 Å². The van der Waals surface area contributed by atoms with E-state index < -0.39 is 59.7 Å². The van der Waals surface area contributed by atoms with Gasteiger partial charge in [-0.25, -0.2) is 47.9 Å². The number of nitrogens with zero attached hydrogens (tertiary/aromatic N) is 6. The van der Waals surface area contributed by atoms with Gasteiger partial charge in [0.2, 0.25) is 35.7 Å². The molecule has 0 fully saturated rings. The number of esters is 10. The molecular formula is C109H142N12O20. The second-order valence-corrected chi connectivity index (χ2v) is 43.7. The van der Waals surface area contributed by atoms with E-state index in [0.717, 1.165) is 32.1 Å². The van der Waals surface area contributed by atoms with Crippen LogP contribution in [-0.4, -0.2) is 156 Å². The highest BCUT2D eigenvalue weighted by molar-refractivity contribution is 6.20. The molecule has 141 heavy (non-hydrogen) atoms. The Morgan fingerprint density at radius 3 is 0.532 bits per heavy atom. The normalized spacial score (nSPS) is 11.6. The van der Waals surface area contributed by atoms with E-state index in [1.807, 2.05) is 173 Å². The van der Waals surface area contributed by atoms with Crippen molar-refractivity contribution in [2.75, 3.05) is 98.0 Å². The van der Waals surface area contributed by atoms with E-state index >= 15 is 0 Å². The third-order valence-electron chi connectivity index (χ3n) is 18.5. The Kier molecular flexibility index (Phi) is 41.7. The summed E-state index contributed by atoms with van der Waals surface area (Å²) in [5, 5.41) is 19.1. The van der Waals surface area contributed by atoms with Crippen LogP contribution in [0.2, 0.25) is 0 Å². The number of benzene rings is 6. The van der Waals surface area contributed by atoms with Crippen molar-refractivity contribution in [1.29, 1.82) is 0 Å². The molecule has 0 aliphatic heterocycles. The molecule has 2 aromatic heterocycles. The van der Waals surface area contributed by atoms with E-state index in [-0.39, 0.29) is 154 Å². The van der Waals surface area contributed by atoms with Crippen molar-refractivity contribution in [3.05, 3.63) is 201 Å². The molecule has 32 nitrogen and oxygen atoms in total. The quantitative estimate of drug-likeness (QED) is 0.00517. The largest absolute Gasteiger partial charge is 0.462 e. The van der Waals surface area contributed by atoms with Gasteiger partial charge in [-0.05, 0) is 200 Å². The van der Waals surface area contributed by atoms with Gasteiger partial charge in [0.15, 0.2) is 0 Å². The predicted octanol–water partition coefficient (Wildman–Crippen LogP) is 22.8. The number of nitrogens with one attached hydrogen (secondary N) is 6. The standard InChI is InChI=1S/C55H72N6O10.C54H70N6O10/c1-14-15-16-29-67-44(62)38-21-27-41(28-22-38)58-51-60-49(56-39-23-17-36(18-24-39)30-42(45(63)68-32-52(2,3)4)46(64)69-33-53(5,6)7)59-50(61-51)57-40-25-19-37(20-26-40)31-43(47(65)70-34-54(8,9)10)48(66)71-35-55(11,12)13;1-14-15-28-66-43(61)37-20-26-40(27-21-37)57-50-59-48(55-38-22-16-35(17-23-38)29-41(44(62)67-31-51(2,3)4)45(63)68-32-52(5,6)7)58-49(60-50)56-39-24-18-36(19-25-39)30-42(46(64)69-33-53(8,9)10)47(65)70-34-54(11,12)13/h17-28,30-31H,14-16,29,32-35H2,1-13H3,(H3,56,57,58,59,60,61);16-27,29-30H,14-15,28,31-34H2,1-13H3,(H3,55,56,57,58,59,60). The molecule has 758 valence electrons. The first-order chi connectivity index (χ1) is 65.8.